The average molecular weight is 249 g/mol. The lowest BCUT2D eigenvalue weighted by Crippen LogP contribution is -2.23. The molecule has 2 rings (SSSR count). The number of carbonyl (C=O) groups excluding carboxylic acids is 1. The zero-order chi connectivity index (χ0) is 13.1. The van der Waals surface area contributed by atoms with E-state index < -0.39 is 5.91 Å². The van der Waals surface area contributed by atoms with Crippen LogP contribution < -0.4 is 5.32 Å². The number of nitrogens with zero attached hydrogens (tertiary/aromatic N) is 2. The minimum atomic E-state index is -0.542. The van der Waals surface area contributed by atoms with Crippen molar-refractivity contribution < 1.29 is 19.5 Å². The number of hydrogen-bond acceptors (Lipinski definition) is 6. The third kappa shape index (κ3) is 2.57. The monoisotopic (exact) mass is 249 g/mol. The summed E-state index contributed by atoms with van der Waals surface area (Å²) < 4.78 is 4.82. The minimum absolute atomic E-state index is 0.0220. The molecule has 3 N–H and O–H groups in total. The van der Waals surface area contributed by atoms with Crippen molar-refractivity contribution in [1.29, 1.82) is 0 Å². The number of rotatable bonds is 3. The Balaban J connectivity index is 2.05. The normalized spacial score (nSPS) is 10.3. The molecule has 0 aliphatic heterocycles. The van der Waals surface area contributed by atoms with Crippen LogP contribution in [0.1, 0.15) is 22.1 Å². The summed E-state index contributed by atoms with van der Waals surface area (Å²) in [6.45, 7) is 1.71. The van der Waals surface area contributed by atoms with Gasteiger partial charge in [0, 0.05) is 0 Å². The molecule has 1 amide bonds. The average Bonchev–Trinajstić information content (AvgIpc) is 2.75. The van der Waals surface area contributed by atoms with Gasteiger partial charge in [0.2, 0.25) is 5.89 Å². The molecule has 0 aliphatic carbocycles. The van der Waals surface area contributed by atoms with Gasteiger partial charge in [0.1, 0.15) is 11.5 Å². The van der Waals surface area contributed by atoms with Crippen molar-refractivity contribution >= 4 is 5.91 Å². The molecule has 0 atom stereocenters. The number of benzene rings is 1. The fourth-order valence-corrected chi connectivity index (χ4v) is 1.37. The first-order valence-corrected chi connectivity index (χ1v) is 5.15. The maximum Gasteiger partial charge on any atom is 0.255 e. The van der Waals surface area contributed by atoms with Crippen LogP contribution in [0.25, 0.3) is 0 Å². The van der Waals surface area contributed by atoms with Gasteiger partial charge in [-0.15, -0.1) is 0 Å². The summed E-state index contributed by atoms with van der Waals surface area (Å²) in [6.07, 6.45) is 0. The number of amides is 1. The van der Waals surface area contributed by atoms with E-state index in [2.05, 4.69) is 15.5 Å². The van der Waals surface area contributed by atoms with Crippen LogP contribution >= 0.6 is 0 Å². The van der Waals surface area contributed by atoms with Crippen LogP contribution in [0.5, 0.6) is 11.5 Å². The smallest absolute Gasteiger partial charge is 0.255 e. The summed E-state index contributed by atoms with van der Waals surface area (Å²) in [6, 6.07) is 3.69. The molecule has 0 bridgehead atoms. The van der Waals surface area contributed by atoms with Crippen molar-refractivity contribution in [3.63, 3.8) is 0 Å². The van der Waals surface area contributed by atoms with Gasteiger partial charge in [-0.25, -0.2) is 0 Å². The van der Waals surface area contributed by atoms with Crippen LogP contribution in [0, 0.1) is 6.92 Å². The highest BCUT2D eigenvalue weighted by Gasteiger charge is 2.13. The minimum Gasteiger partial charge on any atom is -0.508 e. The number of phenolic OH excluding ortho intramolecular Hbond substituents is 2. The highest BCUT2D eigenvalue weighted by atomic mass is 16.5. The summed E-state index contributed by atoms with van der Waals surface area (Å²) in [4.78, 5) is 15.6. The number of carbonyl (C=O) groups is 1. The molecule has 0 fully saturated rings. The van der Waals surface area contributed by atoms with Crippen LogP contribution in [0.2, 0.25) is 0 Å². The van der Waals surface area contributed by atoms with Gasteiger partial charge in [-0.05, 0) is 25.1 Å². The summed E-state index contributed by atoms with van der Waals surface area (Å²) in [5.41, 5.74) is -0.0220. The predicted octanol–water partition coefficient (Wildman–Crippen LogP) is 0.719. The predicted molar refractivity (Wildman–Crippen MR) is 60.0 cm³/mol. The lowest BCUT2D eigenvalue weighted by atomic mass is 10.2. The molecular weight excluding hydrogens is 238 g/mol. The fraction of sp³-hybridized carbons (Fsp3) is 0.182. The first-order chi connectivity index (χ1) is 8.56. The lowest BCUT2D eigenvalue weighted by molar-refractivity contribution is 0.0943. The van der Waals surface area contributed by atoms with Crippen molar-refractivity contribution in [2.45, 2.75) is 13.5 Å². The van der Waals surface area contributed by atoms with Gasteiger partial charge in [-0.2, -0.15) is 4.98 Å². The highest BCUT2D eigenvalue weighted by Crippen LogP contribution is 2.21. The topological polar surface area (TPSA) is 108 Å². The van der Waals surface area contributed by atoms with Crippen LogP contribution in [-0.4, -0.2) is 26.3 Å². The van der Waals surface area contributed by atoms with E-state index in [1.54, 1.807) is 6.92 Å². The number of nitrogens with one attached hydrogen (secondary N) is 1. The van der Waals surface area contributed by atoms with E-state index in [0.717, 1.165) is 0 Å². The van der Waals surface area contributed by atoms with Crippen molar-refractivity contribution in [2.24, 2.45) is 0 Å². The van der Waals surface area contributed by atoms with E-state index >= 15 is 0 Å². The van der Waals surface area contributed by atoms with Gasteiger partial charge >= 0.3 is 0 Å². The number of aryl methyl sites for hydroxylation is 1. The fourth-order valence-electron chi connectivity index (χ4n) is 1.37. The van der Waals surface area contributed by atoms with Crippen molar-refractivity contribution in [3.05, 3.63) is 35.5 Å². The summed E-state index contributed by atoms with van der Waals surface area (Å²) >= 11 is 0. The van der Waals surface area contributed by atoms with Crippen LogP contribution in [-0.2, 0) is 6.54 Å². The number of hydrogen-bond donors (Lipinski definition) is 3. The Kier molecular flexibility index (Phi) is 3.13. The molecule has 0 aliphatic rings. The molecule has 0 saturated heterocycles. The number of aromatic nitrogens is 2. The molecule has 1 aromatic carbocycles. The van der Waals surface area contributed by atoms with Crippen molar-refractivity contribution in [2.75, 3.05) is 0 Å². The molecule has 7 nitrogen and oxygen atoms in total. The molecule has 2 aromatic rings. The summed E-state index contributed by atoms with van der Waals surface area (Å²) in [5, 5.41) is 24.8. The Labute approximate surface area is 102 Å². The zero-order valence-corrected chi connectivity index (χ0v) is 9.54. The first kappa shape index (κ1) is 11.9. The standard InChI is InChI=1S/C11H11N3O4/c1-6-13-10(18-14-6)5-12-11(17)8-4-7(15)2-3-9(8)16/h2-4,15-16H,5H2,1H3,(H,12,17). The molecule has 0 spiro atoms. The largest absolute Gasteiger partial charge is 0.508 e. The van der Waals surface area contributed by atoms with Gasteiger partial charge in [-0.3, -0.25) is 4.79 Å². The van der Waals surface area contributed by atoms with E-state index in [1.165, 1.54) is 18.2 Å². The van der Waals surface area contributed by atoms with Gasteiger partial charge in [0.25, 0.3) is 5.91 Å². The molecule has 7 heteroatoms. The summed E-state index contributed by atoms with van der Waals surface area (Å²) in [7, 11) is 0. The second-order valence-electron chi connectivity index (χ2n) is 3.62. The number of aromatic hydroxyl groups is 2. The maximum absolute atomic E-state index is 11.7. The molecule has 18 heavy (non-hydrogen) atoms. The Morgan fingerprint density at radius 2 is 2.22 bits per heavy atom. The van der Waals surface area contributed by atoms with Crippen LogP contribution in [0.3, 0.4) is 0 Å². The quantitative estimate of drug-likeness (QED) is 0.691. The van der Waals surface area contributed by atoms with Gasteiger partial charge < -0.3 is 20.1 Å². The van der Waals surface area contributed by atoms with Crippen molar-refractivity contribution in [3.8, 4) is 11.5 Å². The van der Waals surface area contributed by atoms with E-state index in [0.29, 0.717) is 5.82 Å². The highest BCUT2D eigenvalue weighted by molar-refractivity contribution is 5.97. The van der Waals surface area contributed by atoms with Gasteiger partial charge in [-0.1, -0.05) is 5.16 Å². The molecule has 0 saturated carbocycles. The Morgan fingerprint density at radius 3 is 2.89 bits per heavy atom. The van der Waals surface area contributed by atoms with E-state index in [-0.39, 0.29) is 29.5 Å². The number of phenols is 2. The Bertz CT molecular complexity index is 579. The van der Waals surface area contributed by atoms with E-state index in [4.69, 9.17) is 4.52 Å². The Morgan fingerprint density at radius 1 is 1.44 bits per heavy atom. The SMILES string of the molecule is Cc1noc(CNC(=O)c2cc(O)ccc2O)n1. The molecular formula is C11H11N3O4. The van der Waals surface area contributed by atoms with E-state index in [1.807, 2.05) is 0 Å². The zero-order valence-electron chi connectivity index (χ0n) is 9.54. The van der Waals surface area contributed by atoms with Crippen molar-refractivity contribution in [1.82, 2.24) is 15.5 Å². The van der Waals surface area contributed by atoms with E-state index in [9.17, 15) is 15.0 Å². The second kappa shape index (κ2) is 4.74. The van der Waals surface area contributed by atoms with Crippen LogP contribution in [0.15, 0.2) is 22.7 Å². The lowest BCUT2D eigenvalue weighted by Gasteiger charge is -2.05. The molecule has 1 heterocycles. The third-order valence-corrected chi connectivity index (χ3v) is 2.19. The van der Waals surface area contributed by atoms with Crippen LogP contribution in [0.4, 0.5) is 0 Å². The Hall–Kier alpha value is -2.57. The van der Waals surface area contributed by atoms with Gasteiger partial charge in [0.15, 0.2) is 5.82 Å². The van der Waals surface area contributed by atoms with Gasteiger partial charge in [0.05, 0.1) is 12.1 Å². The summed E-state index contributed by atoms with van der Waals surface area (Å²) in [5.74, 6) is -0.127. The second-order valence-corrected chi connectivity index (χ2v) is 3.62. The first-order valence-electron chi connectivity index (χ1n) is 5.15. The molecule has 94 valence electrons. The molecule has 1 aromatic heterocycles. The molecule has 0 radical (unpaired) electrons. The molecule has 0 unspecified atom stereocenters. The maximum atomic E-state index is 11.7. The third-order valence-electron chi connectivity index (χ3n) is 2.19.